The number of aryl methyl sites for hydroxylation is 2. The van der Waals surface area contributed by atoms with Crippen LogP contribution in [0.5, 0.6) is 0 Å². The second kappa shape index (κ2) is 6.30. The van der Waals surface area contributed by atoms with Gasteiger partial charge in [-0.25, -0.2) is 4.79 Å². The molecule has 0 radical (unpaired) electrons. The second-order valence-corrected chi connectivity index (χ2v) is 5.38. The Morgan fingerprint density at radius 3 is 2.52 bits per heavy atom. The first-order valence-electron chi connectivity index (χ1n) is 6.95. The summed E-state index contributed by atoms with van der Waals surface area (Å²) in [5.74, 6) is 0.920. The van der Waals surface area contributed by atoms with E-state index in [4.69, 9.17) is 22.7 Å². The van der Waals surface area contributed by atoms with Gasteiger partial charge in [0, 0.05) is 33.2 Å². The highest BCUT2D eigenvalue weighted by Gasteiger charge is 2.27. The highest BCUT2D eigenvalue weighted by molar-refractivity contribution is 7.80. The molecule has 1 amide bonds. The highest BCUT2D eigenvalue weighted by Crippen LogP contribution is 2.24. The molecule has 7 nitrogen and oxygen atoms in total. The molecule has 0 saturated carbocycles. The lowest BCUT2D eigenvalue weighted by Crippen LogP contribution is -2.49. The van der Waals surface area contributed by atoms with Gasteiger partial charge in [-0.3, -0.25) is 4.68 Å². The number of carbonyl (C=O) groups excluding carboxylic acids is 1. The molecule has 0 unspecified atom stereocenters. The molecule has 2 N–H and O–H groups in total. The Balaban J connectivity index is 2.13. The van der Waals surface area contributed by atoms with Crippen LogP contribution in [0.4, 0.5) is 10.6 Å². The molecule has 1 aromatic heterocycles. The van der Waals surface area contributed by atoms with E-state index in [1.807, 2.05) is 14.0 Å². The minimum atomic E-state index is -0.257. The number of hydrogen-bond donors (Lipinski definition) is 1. The van der Waals surface area contributed by atoms with Gasteiger partial charge >= 0.3 is 6.09 Å². The first kappa shape index (κ1) is 15.6. The van der Waals surface area contributed by atoms with Gasteiger partial charge in [0.1, 0.15) is 10.8 Å². The van der Waals surface area contributed by atoms with Gasteiger partial charge in [0.15, 0.2) is 0 Å². The van der Waals surface area contributed by atoms with E-state index in [9.17, 15) is 4.79 Å². The molecule has 1 aliphatic heterocycles. The topological polar surface area (TPSA) is 76.6 Å². The van der Waals surface area contributed by atoms with Crippen molar-refractivity contribution in [2.45, 2.75) is 13.8 Å². The lowest BCUT2D eigenvalue weighted by molar-refractivity contribution is 0.105. The van der Waals surface area contributed by atoms with Crippen LogP contribution in [-0.2, 0) is 11.8 Å². The Hall–Kier alpha value is -1.83. The van der Waals surface area contributed by atoms with Gasteiger partial charge in [0.2, 0.25) is 0 Å². The maximum Gasteiger partial charge on any atom is 0.409 e. The number of piperazine rings is 1. The standard InChI is InChI=1S/C13H21N5O2S/c1-4-20-13(19)18-7-5-17(6-8-18)12-10(11(14)21)9(2)15-16(12)3/h4-8H2,1-3H3,(H2,14,21). The third-order valence-electron chi connectivity index (χ3n) is 3.54. The normalized spacial score (nSPS) is 15.2. The lowest BCUT2D eigenvalue weighted by Gasteiger charge is -2.35. The number of thiocarbonyl (C=S) groups is 1. The molecule has 21 heavy (non-hydrogen) atoms. The molecule has 2 rings (SSSR count). The van der Waals surface area contributed by atoms with Crippen molar-refractivity contribution in [1.82, 2.24) is 14.7 Å². The van der Waals surface area contributed by atoms with E-state index in [1.165, 1.54) is 0 Å². The van der Waals surface area contributed by atoms with E-state index in [2.05, 4.69) is 10.00 Å². The Kier molecular flexibility index (Phi) is 4.66. The summed E-state index contributed by atoms with van der Waals surface area (Å²) in [6, 6.07) is 0. The number of nitrogens with zero attached hydrogens (tertiary/aromatic N) is 4. The van der Waals surface area contributed by atoms with Gasteiger partial charge in [-0.2, -0.15) is 5.10 Å². The average molecular weight is 311 g/mol. The third kappa shape index (κ3) is 3.10. The van der Waals surface area contributed by atoms with Gasteiger partial charge in [-0.1, -0.05) is 12.2 Å². The average Bonchev–Trinajstić information content (AvgIpc) is 2.74. The maximum atomic E-state index is 11.7. The van der Waals surface area contributed by atoms with Crippen molar-refractivity contribution >= 4 is 29.1 Å². The van der Waals surface area contributed by atoms with Crippen LogP contribution >= 0.6 is 12.2 Å². The summed E-state index contributed by atoms with van der Waals surface area (Å²) in [5, 5.41) is 4.39. The number of amides is 1. The van der Waals surface area contributed by atoms with Crippen LogP contribution in [-0.4, -0.2) is 58.5 Å². The maximum absolute atomic E-state index is 11.7. The van der Waals surface area contributed by atoms with Crippen LogP contribution in [0.2, 0.25) is 0 Å². The summed E-state index contributed by atoms with van der Waals surface area (Å²) in [7, 11) is 1.88. The molecule has 1 aliphatic rings. The Morgan fingerprint density at radius 1 is 1.38 bits per heavy atom. The number of aromatic nitrogens is 2. The van der Waals surface area contributed by atoms with Crippen molar-refractivity contribution in [1.29, 1.82) is 0 Å². The number of hydrogen-bond acceptors (Lipinski definition) is 5. The van der Waals surface area contributed by atoms with Crippen molar-refractivity contribution in [2.24, 2.45) is 12.8 Å². The summed E-state index contributed by atoms with van der Waals surface area (Å²) >= 11 is 5.13. The minimum Gasteiger partial charge on any atom is -0.450 e. The summed E-state index contributed by atoms with van der Waals surface area (Å²) in [4.78, 5) is 15.9. The molecule has 8 heteroatoms. The summed E-state index contributed by atoms with van der Waals surface area (Å²) in [6.07, 6.45) is -0.257. The Bertz CT molecular complexity index is 549. The number of anilines is 1. The summed E-state index contributed by atoms with van der Waals surface area (Å²) in [6.45, 7) is 6.72. The van der Waals surface area contributed by atoms with E-state index in [0.29, 0.717) is 37.8 Å². The molecule has 116 valence electrons. The van der Waals surface area contributed by atoms with E-state index < -0.39 is 0 Å². The van der Waals surface area contributed by atoms with E-state index in [1.54, 1.807) is 16.5 Å². The van der Waals surface area contributed by atoms with E-state index in [-0.39, 0.29) is 6.09 Å². The number of carbonyl (C=O) groups is 1. The first-order valence-corrected chi connectivity index (χ1v) is 7.36. The second-order valence-electron chi connectivity index (χ2n) is 4.94. The van der Waals surface area contributed by atoms with Crippen LogP contribution in [0.3, 0.4) is 0 Å². The quantitative estimate of drug-likeness (QED) is 0.826. The molecule has 1 fully saturated rings. The fourth-order valence-electron chi connectivity index (χ4n) is 2.61. The predicted molar refractivity (Wildman–Crippen MR) is 84.6 cm³/mol. The smallest absolute Gasteiger partial charge is 0.409 e. The molecule has 0 atom stereocenters. The van der Waals surface area contributed by atoms with E-state index >= 15 is 0 Å². The molecule has 0 aliphatic carbocycles. The zero-order valence-electron chi connectivity index (χ0n) is 12.6. The Labute approximate surface area is 129 Å². The van der Waals surface area contributed by atoms with Gasteiger partial charge in [0.25, 0.3) is 0 Å². The SMILES string of the molecule is CCOC(=O)N1CCN(c2c(C(N)=S)c(C)nn2C)CC1. The molecule has 0 aromatic carbocycles. The minimum absolute atomic E-state index is 0.257. The number of nitrogens with two attached hydrogens (primary N) is 1. The lowest BCUT2D eigenvalue weighted by atomic mass is 10.2. The van der Waals surface area contributed by atoms with Crippen LogP contribution < -0.4 is 10.6 Å². The molecule has 2 heterocycles. The van der Waals surface area contributed by atoms with Gasteiger partial charge in [-0.05, 0) is 13.8 Å². The summed E-state index contributed by atoms with van der Waals surface area (Å²) in [5.41, 5.74) is 7.46. The van der Waals surface area contributed by atoms with Crippen molar-refractivity contribution in [2.75, 3.05) is 37.7 Å². The van der Waals surface area contributed by atoms with Gasteiger partial charge in [0.05, 0.1) is 17.9 Å². The highest BCUT2D eigenvalue weighted by atomic mass is 32.1. The molecule has 1 saturated heterocycles. The monoisotopic (exact) mass is 311 g/mol. The molecular weight excluding hydrogens is 290 g/mol. The zero-order chi connectivity index (χ0) is 15.6. The number of ether oxygens (including phenoxy) is 1. The van der Waals surface area contributed by atoms with Crippen molar-refractivity contribution in [3.8, 4) is 0 Å². The van der Waals surface area contributed by atoms with Crippen molar-refractivity contribution < 1.29 is 9.53 Å². The van der Waals surface area contributed by atoms with E-state index in [0.717, 1.165) is 17.1 Å². The van der Waals surface area contributed by atoms with Crippen LogP contribution in [0.25, 0.3) is 0 Å². The van der Waals surface area contributed by atoms with Crippen LogP contribution in [0.15, 0.2) is 0 Å². The zero-order valence-corrected chi connectivity index (χ0v) is 13.4. The molecule has 0 bridgehead atoms. The Morgan fingerprint density at radius 2 is 2.00 bits per heavy atom. The van der Waals surface area contributed by atoms with Crippen LogP contribution in [0, 0.1) is 6.92 Å². The first-order chi connectivity index (χ1) is 9.95. The van der Waals surface area contributed by atoms with Crippen LogP contribution in [0.1, 0.15) is 18.2 Å². The predicted octanol–water partition coefficient (Wildman–Crippen LogP) is 0.641. The summed E-state index contributed by atoms with van der Waals surface area (Å²) < 4.78 is 6.82. The third-order valence-corrected chi connectivity index (χ3v) is 3.75. The van der Waals surface area contributed by atoms with Crippen molar-refractivity contribution in [3.63, 3.8) is 0 Å². The van der Waals surface area contributed by atoms with Gasteiger partial charge < -0.3 is 20.3 Å². The van der Waals surface area contributed by atoms with Gasteiger partial charge in [-0.15, -0.1) is 0 Å². The molecular formula is C13H21N5O2S. The fraction of sp³-hybridized carbons (Fsp3) is 0.615. The fourth-order valence-corrected chi connectivity index (χ4v) is 2.85. The number of rotatable bonds is 3. The molecule has 1 aromatic rings. The largest absolute Gasteiger partial charge is 0.450 e. The van der Waals surface area contributed by atoms with Crippen molar-refractivity contribution in [3.05, 3.63) is 11.3 Å². The molecule has 0 spiro atoms.